The zero-order valence-electron chi connectivity index (χ0n) is 13.7. The molecule has 2 rings (SSSR count). The fourth-order valence-corrected chi connectivity index (χ4v) is 1.68. The van der Waals surface area contributed by atoms with Crippen molar-refractivity contribution >= 4 is 10.9 Å². The Morgan fingerprint density at radius 2 is 2.33 bits per heavy atom. The third kappa shape index (κ3) is 2.21. The van der Waals surface area contributed by atoms with E-state index in [1.54, 1.807) is 0 Å². The Morgan fingerprint density at radius 1 is 1.47 bits per heavy atom. The number of aromatic amines is 1. The van der Waals surface area contributed by atoms with Gasteiger partial charge in [0.1, 0.15) is 0 Å². The molecule has 0 amide bonds. The minimum Gasteiger partial charge on any atom is -0.361 e. The van der Waals surface area contributed by atoms with Crippen LogP contribution in [0.5, 0.6) is 0 Å². The number of hydrogen-bond donors (Lipinski definition) is 1. The Morgan fingerprint density at radius 3 is 3.13 bits per heavy atom. The molecule has 2 aromatic rings. The highest BCUT2D eigenvalue weighted by molar-refractivity contribution is 5.83. The topological polar surface area (TPSA) is 19.0 Å². The quantitative estimate of drug-likeness (QED) is 0.816. The van der Waals surface area contributed by atoms with Crippen molar-refractivity contribution in [3.05, 3.63) is 36.0 Å². The minimum atomic E-state index is -2.44. The third-order valence-corrected chi connectivity index (χ3v) is 2.55. The van der Waals surface area contributed by atoms with Gasteiger partial charge in [0.15, 0.2) is 0 Å². The van der Waals surface area contributed by atoms with Crippen molar-refractivity contribution in [2.24, 2.45) is 0 Å². The summed E-state index contributed by atoms with van der Waals surface area (Å²) in [6.45, 7) is -2.90. The largest absolute Gasteiger partial charge is 0.361 e. The van der Waals surface area contributed by atoms with Crippen molar-refractivity contribution in [1.82, 2.24) is 9.88 Å². The second kappa shape index (κ2) is 4.49. The van der Waals surface area contributed by atoms with Crippen LogP contribution in [-0.4, -0.2) is 29.9 Å². The number of nitrogens with one attached hydrogen (secondary N) is 1. The lowest BCUT2D eigenvalue weighted by molar-refractivity contribution is 0.358. The van der Waals surface area contributed by atoms with E-state index in [2.05, 4.69) is 4.98 Å². The van der Waals surface area contributed by atoms with Crippen LogP contribution in [0.3, 0.4) is 0 Å². The van der Waals surface area contributed by atoms with Crippen molar-refractivity contribution in [3.8, 4) is 0 Å². The summed E-state index contributed by atoms with van der Waals surface area (Å²) >= 11 is 0. The number of rotatable bonds is 4. The highest BCUT2D eigenvalue weighted by atomic mass is 15.1. The highest BCUT2D eigenvalue weighted by Crippen LogP contribution is 2.17. The minimum absolute atomic E-state index is 0.141. The maximum absolute atomic E-state index is 7.66. The van der Waals surface area contributed by atoms with E-state index in [-0.39, 0.29) is 6.54 Å². The van der Waals surface area contributed by atoms with Crippen LogP contribution in [0.15, 0.2) is 30.5 Å². The van der Waals surface area contributed by atoms with E-state index in [4.69, 9.17) is 6.85 Å². The van der Waals surface area contributed by atoms with E-state index in [0.717, 1.165) is 21.4 Å². The average Bonchev–Trinajstić information content (AvgIpc) is 2.69. The fraction of sp³-hybridized carbons (Fsp3) is 0.385. The smallest absolute Gasteiger partial charge is 0.0456 e. The van der Waals surface area contributed by atoms with E-state index in [0.29, 0.717) is 6.42 Å². The zero-order valence-corrected chi connectivity index (χ0v) is 8.75. The van der Waals surface area contributed by atoms with Gasteiger partial charge in [0, 0.05) is 30.5 Å². The number of H-pyrrole nitrogens is 1. The molecule has 0 aliphatic rings. The van der Waals surface area contributed by atoms with Gasteiger partial charge in [-0.15, -0.1) is 0 Å². The van der Waals surface area contributed by atoms with Gasteiger partial charge in [-0.05, 0) is 31.5 Å². The molecule has 2 heteroatoms. The van der Waals surface area contributed by atoms with Gasteiger partial charge in [-0.1, -0.05) is 25.1 Å². The summed E-state index contributed by atoms with van der Waals surface area (Å²) in [5.41, 5.74) is 2.00. The summed E-state index contributed by atoms with van der Waals surface area (Å²) in [4.78, 5) is 4.05. The molecule has 0 aliphatic carbocycles. The molecule has 80 valence electrons. The number of hydrogen-bond acceptors (Lipinski definition) is 1. The molecular weight excluding hydrogens is 184 g/mol. The van der Waals surface area contributed by atoms with E-state index in [1.807, 2.05) is 30.5 Å². The van der Waals surface area contributed by atoms with Crippen LogP contribution in [0.4, 0.5) is 0 Å². The summed E-state index contributed by atoms with van der Waals surface area (Å²) in [5.74, 6) is 0. The van der Waals surface area contributed by atoms with Crippen LogP contribution in [0.1, 0.15) is 19.3 Å². The van der Waals surface area contributed by atoms with E-state index in [1.165, 1.54) is 6.92 Å². The molecular formula is C13H18N2. The zero-order chi connectivity index (χ0) is 15.0. The van der Waals surface area contributed by atoms with E-state index in [9.17, 15) is 0 Å². The molecule has 15 heavy (non-hydrogen) atoms. The van der Waals surface area contributed by atoms with Crippen LogP contribution in [-0.2, 0) is 6.42 Å². The van der Waals surface area contributed by atoms with Crippen molar-refractivity contribution in [3.63, 3.8) is 0 Å². The molecule has 0 unspecified atom stereocenters. The van der Waals surface area contributed by atoms with Crippen LogP contribution < -0.4 is 0 Å². The molecule has 0 saturated carbocycles. The number of fused-ring (bicyclic) bond motifs is 1. The average molecular weight is 207 g/mol. The predicted octanol–water partition coefficient (Wildman–Crippen LogP) is 2.66. The lowest BCUT2D eigenvalue weighted by Gasteiger charge is -2.12. The number of para-hydroxylation sites is 1. The number of likely N-dealkylation sites (N-methyl/N-ethyl adjacent to an activating group) is 1. The number of benzene rings is 1. The van der Waals surface area contributed by atoms with Gasteiger partial charge in [-0.2, -0.15) is 0 Å². The first kappa shape index (κ1) is 5.71. The highest BCUT2D eigenvalue weighted by Gasteiger charge is 2.03. The van der Waals surface area contributed by atoms with Crippen molar-refractivity contribution in [2.75, 3.05) is 20.0 Å². The van der Waals surface area contributed by atoms with Gasteiger partial charge in [0.25, 0.3) is 0 Å². The molecule has 1 heterocycles. The summed E-state index contributed by atoms with van der Waals surface area (Å²) in [7, 11) is 0. The van der Waals surface area contributed by atoms with Crippen molar-refractivity contribution in [1.29, 1.82) is 0 Å². The molecule has 1 N–H and O–H groups in total. The Hall–Kier alpha value is -1.28. The molecule has 0 aliphatic heterocycles. The monoisotopic (exact) mass is 207 g/mol. The summed E-state index contributed by atoms with van der Waals surface area (Å²) in [6, 6.07) is 7.79. The Bertz CT molecular complexity index is 568. The van der Waals surface area contributed by atoms with Crippen molar-refractivity contribution < 1.29 is 6.85 Å². The van der Waals surface area contributed by atoms with Crippen molar-refractivity contribution in [2.45, 2.75) is 13.3 Å². The first-order chi connectivity index (χ1) is 9.19. The molecule has 0 saturated heterocycles. The molecule has 0 atom stereocenters. The lowest BCUT2D eigenvalue weighted by atomic mass is 10.1. The van der Waals surface area contributed by atoms with Gasteiger partial charge >= 0.3 is 0 Å². The molecule has 0 radical (unpaired) electrons. The molecule has 1 aromatic carbocycles. The van der Waals surface area contributed by atoms with Gasteiger partial charge in [0.05, 0.1) is 0 Å². The molecule has 0 spiro atoms. The Kier molecular flexibility index (Phi) is 1.71. The normalized spacial score (nSPS) is 18.1. The Labute approximate surface area is 97.9 Å². The van der Waals surface area contributed by atoms with E-state index >= 15 is 0 Å². The van der Waals surface area contributed by atoms with E-state index < -0.39 is 13.5 Å². The SMILES string of the molecule is [2H]C([2H])([2H])N(CCc1c[nH]c2ccccc12)C([2H])([2H])C. The second-order valence-corrected chi connectivity index (χ2v) is 3.48. The number of nitrogens with zero attached hydrogens (tertiary/aromatic N) is 1. The first-order valence-electron chi connectivity index (χ1n) is 7.52. The van der Waals surface area contributed by atoms with Crippen LogP contribution in [0.25, 0.3) is 10.9 Å². The third-order valence-electron chi connectivity index (χ3n) is 2.55. The van der Waals surface area contributed by atoms with Gasteiger partial charge in [-0.3, -0.25) is 0 Å². The summed E-state index contributed by atoms with van der Waals surface area (Å²) in [6.07, 6.45) is 2.34. The maximum atomic E-state index is 7.66. The van der Waals surface area contributed by atoms with Crippen LogP contribution in [0.2, 0.25) is 0 Å². The molecule has 2 nitrogen and oxygen atoms in total. The number of aromatic nitrogens is 1. The van der Waals surface area contributed by atoms with Gasteiger partial charge in [0.2, 0.25) is 0 Å². The fourth-order valence-electron chi connectivity index (χ4n) is 1.68. The maximum Gasteiger partial charge on any atom is 0.0456 e. The van der Waals surface area contributed by atoms with Crippen LogP contribution in [0, 0.1) is 0 Å². The standard InChI is InChI=1S/C13H18N2/c1-3-15(2)9-8-11-10-14-13-7-5-4-6-12(11)13/h4-7,10,14H,3,8-9H2,1-2H3/i2D3,3D2. The molecule has 1 aromatic heterocycles. The predicted molar refractivity (Wildman–Crippen MR) is 65.2 cm³/mol. The molecule has 0 bridgehead atoms. The Balaban J connectivity index is 2.18. The second-order valence-electron chi connectivity index (χ2n) is 3.48. The van der Waals surface area contributed by atoms with Crippen LogP contribution >= 0.6 is 0 Å². The van der Waals surface area contributed by atoms with Gasteiger partial charge in [-0.25, -0.2) is 0 Å². The summed E-state index contributed by atoms with van der Waals surface area (Å²) in [5, 5.41) is 1.05. The first-order valence-corrected chi connectivity index (χ1v) is 5.02. The lowest BCUT2D eigenvalue weighted by Crippen LogP contribution is -2.20. The summed E-state index contributed by atoms with van der Waals surface area (Å²) < 4.78 is 37.7. The molecule has 0 fully saturated rings. The van der Waals surface area contributed by atoms with Gasteiger partial charge < -0.3 is 9.88 Å².